The Labute approximate surface area is 163 Å². The van der Waals surface area contributed by atoms with E-state index >= 15 is 0 Å². The van der Waals surface area contributed by atoms with Crippen LogP contribution in [0, 0.1) is 5.82 Å². The third-order valence-corrected chi connectivity index (χ3v) is 6.10. The minimum atomic E-state index is -0.343. The molecule has 0 spiro atoms. The predicted molar refractivity (Wildman–Crippen MR) is 107 cm³/mol. The van der Waals surface area contributed by atoms with Crippen molar-refractivity contribution in [1.82, 2.24) is 4.90 Å². The summed E-state index contributed by atoms with van der Waals surface area (Å²) >= 11 is 7.60. The van der Waals surface area contributed by atoms with Crippen LogP contribution in [0.25, 0.3) is 0 Å². The lowest BCUT2D eigenvalue weighted by Gasteiger charge is -2.37. The van der Waals surface area contributed by atoms with Gasteiger partial charge < -0.3 is 9.80 Å². The Bertz CT molecular complexity index is 751. The van der Waals surface area contributed by atoms with E-state index in [4.69, 9.17) is 11.6 Å². The van der Waals surface area contributed by atoms with Crippen LogP contribution in [0.2, 0.25) is 5.02 Å². The van der Waals surface area contributed by atoms with Gasteiger partial charge in [-0.05, 0) is 36.8 Å². The first-order chi connectivity index (χ1) is 12.5. The van der Waals surface area contributed by atoms with Crippen molar-refractivity contribution in [3.63, 3.8) is 0 Å². The highest BCUT2D eigenvalue weighted by molar-refractivity contribution is 7.99. The number of benzene rings is 2. The van der Waals surface area contributed by atoms with Crippen LogP contribution in [0.3, 0.4) is 0 Å². The molecule has 1 saturated heterocycles. The summed E-state index contributed by atoms with van der Waals surface area (Å²) in [6.07, 6.45) is 0. The van der Waals surface area contributed by atoms with Crippen molar-refractivity contribution >= 4 is 35.0 Å². The largest absolute Gasteiger partial charge is 0.368 e. The molecule has 1 heterocycles. The average molecular weight is 393 g/mol. The molecule has 0 radical (unpaired) electrons. The Kier molecular flexibility index (Phi) is 6.43. The van der Waals surface area contributed by atoms with Crippen molar-refractivity contribution in [2.45, 2.75) is 17.9 Å². The van der Waals surface area contributed by atoms with Crippen molar-refractivity contribution in [3.8, 4) is 0 Å². The van der Waals surface area contributed by atoms with Crippen LogP contribution in [0.4, 0.5) is 10.1 Å². The number of hydrogen-bond acceptors (Lipinski definition) is 3. The van der Waals surface area contributed by atoms with E-state index in [0.29, 0.717) is 10.8 Å². The third kappa shape index (κ3) is 4.71. The molecule has 3 rings (SSSR count). The molecular weight excluding hydrogens is 371 g/mol. The molecule has 2 aromatic carbocycles. The van der Waals surface area contributed by atoms with Crippen molar-refractivity contribution in [1.29, 1.82) is 0 Å². The first-order valence-electron chi connectivity index (χ1n) is 8.69. The van der Waals surface area contributed by atoms with E-state index in [1.54, 1.807) is 6.07 Å². The van der Waals surface area contributed by atoms with Gasteiger partial charge in [0.2, 0.25) is 5.91 Å². The number of rotatable bonds is 5. The zero-order chi connectivity index (χ0) is 18.5. The zero-order valence-corrected chi connectivity index (χ0v) is 16.3. The first-order valence-corrected chi connectivity index (χ1v) is 10.1. The molecule has 3 nitrogen and oxygen atoms in total. The van der Waals surface area contributed by atoms with Gasteiger partial charge in [0.25, 0.3) is 0 Å². The molecular formula is C20H22ClFN2OS. The minimum Gasteiger partial charge on any atom is -0.368 e. The second-order valence-electron chi connectivity index (χ2n) is 6.34. The van der Waals surface area contributed by atoms with Gasteiger partial charge in [-0.1, -0.05) is 35.9 Å². The smallest absolute Gasteiger partial charge is 0.235 e. The molecule has 6 heteroatoms. The highest BCUT2D eigenvalue weighted by atomic mass is 35.5. The van der Waals surface area contributed by atoms with Crippen LogP contribution in [0.1, 0.15) is 12.5 Å². The van der Waals surface area contributed by atoms with Crippen LogP contribution in [0.15, 0.2) is 48.5 Å². The molecule has 0 aromatic heterocycles. The first kappa shape index (κ1) is 19.1. The van der Waals surface area contributed by atoms with Crippen LogP contribution < -0.4 is 4.90 Å². The summed E-state index contributed by atoms with van der Waals surface area (Å²) in [5.41, 5.74) is 2.06. The van der Waals surface area contributed by atoms with Crippen molar-refractivity contribution < 1.29 is 9.18 Å². The van der Waals surface area contributed by atoms with Crippen molar-refractivity contribution in [2.24, 2.45) is 0 Å². The second kappa shape index (κ2) is 8.78. The quantitative estimate of drug-likeness (QED) is 0.751. The highest BCUT2D eigenvalue weighted by Gasteiger charge is 2.25. The molecule has 1 amide bonds. The number of para-hydroxylation sites is 1. The zero-order valence-electron chi connectivity index (χ0n) is 14.7. The summed E-state index contributed by atoms with van der Waals surface area (Å²) in [4.78, 5) is 16.9. The Hall–Kier alpha value is -1.72. The van der Waals surface area contributed by atoms with Gasteiger partial charge in [-0.15, -0.1) is 11.8 Å². The Morgan fingerprint density at radius 3 is 2.50 bits per heavy atom. The lowest BCUT2D eigenvalue weighted by Crippen LogP contribution is -2.50. The normalized spacial score (nSPS) is 15.8. The van der Waals surface area contributed by atoms with E-state index in [1.807, 2.05) is 30.0 Å². The summed E-state index contributed by atoms with van der Waals surface area (Å²) in [5.74, 6) is 0.404. The predicted octanol–water partition coefficient (Wildman–Crippen LogP) is 4.45. The summed E-state index contributed by atoms with van der Waals surface area (Å²) in [6, 6.07) is 14.7. The maximum atomic E-state index is 13.1. The number of piperazine rings is 1. The van der Waals surface area contributed by atoms with E-state index in [-0.39, 0.29) is 17.0 Å². The molecule has 0 aliphatic carbocycles. The maximum absolute atomic E-state index is 13.1. The topological polar surface area (TPSA) is 23.6 Å². The van der Waals surface area contributed by atoms with Crippen molar-refractivity contribution in [3.05, 3.63) is 64.9 Å². The highest BCUT2D eigenvalue weighted by Crippen LogP contribution is 2.26. The van der Waals surface area contributed by atoms with Gasteiger partial charge in [-0.2, -0.15) is 0 Å². The molecule has 1 aliphatic heterocycles. The number of nitrogens with zero attached hydrogens (tertiary/aromatic N) is 2. The molecule has 0 N–H and O–H groups in total. The maximum Gasteiger partial charge on any atom is 0.235 e. The monoisotopic (exact) mass is 392 g/mol. The summed E-state index contributed by atoms with van der Waals surface area (Å²) < 4.78 is 13.1. The van der Waals surface area contributed by atoms with Crippen LogP contribution in [-0.2, 0) is 10.5 Å². The molecule has 1 unspecified atom stereocenters. The van der Waals surface area contributed by atoms with Gasteiger partial charge in [0.15, 0.2) is 0 Å². The summed E-state index contributed by atoms with van der Waals surface area (Å²) in [7, 11) is 0. The number of carbonyl (C=O) groups is 1. The Morgan fingerprint density at radius 1 is 1.15 bits per heavy atom. The average Bonchev–Trinajstić information content (AvgIpc) is 2.67. The van der Waals surface area contributed by atoms with Gasteiger partial charge in [0, 0.05) is 42.6 Å². The van der Waals surface area contributed by atoms with E-state index < -0.39 is 0 Å². The van der Waals surface area contributed by atoms with E-state index in [0.717, 1.165) is 31.7 Å². The number of anilines is 1. The number of halogens is 2. The summed E-state index contributed by atoms with van der Waals surface area (Å²) in [5, 5.41) is 0.257. The summed E-state index contributed by atoms with van der Waals surface area (Å²) in [6.45, 7) is 5.08. The lowest BCUT2D eigenvalue weighted by atomic mass is 10.2. The van der Waals surface area contributed by atoms with Gasteiger partial charge in [-0.25, -0.2) is 4.39 Å². The second-order valence-corrected chi connectivity index (χ2v) is 8.07. The van der Waals surface area contributed by atoms with E-state index in [9.17, 15) is 9.18 Å². The standard InChI is InChI=1S/C20H22ClFN2OS/c1-15(26-14-16-7-8-17(22)13-19(16)21)20(25)24-11-9-23(10-12-24)18-5-3-2-4-6-18/h2-8,13,15H,9-12,14H2,1H3. The van der Waals surface area contributed by atoms with Gasteiger partial charge in [-0.3, -0.25) is 4.79 Å². The van der Waals surface area contributed by atoms with Gasteiger partial charge >= 0.3 is 0 Å². The lowest BCUT2D eigenvalue weighted by molar-refractivity contribution is -0.130. The molecule has 1 atom stereocenters. The van der Waals surface area contributed by atoms with E-state index in [2.05, 4.69) is 17.0 Å². The molecule has 1 aliphatic rings. The fourth-order valence-corrected chi connectivity index (χ4v) is 4.29. The molecule has 138 valence electrons. The molecule has 1 fully saturated rings. The number of hydrogen-bond donors (Lipinski definition) is 0. The number of amides is 1. The Morgan fingerprint density at radius 2 is 1.85 bits per heavy atom. The van der Waals surface area contributed by atoms with Crippen LogP contribution >= 0.6 is 23.4 Å². The van der Waals surface area contributed by atoms with Crippen LogP contribution in [0.5, 0.6) is 0 Å². The Balaban J connectivity index is 1.50. The fourth-order valence-electron chi connectivity index (χ4n) is 3.01. The molecule has 26 heavy (non-hydrogen) atoms. The fraction of sp³-hybridized carbons (Fsp3) is 0.350. The number of thioether (sulfide) groups is 1. The van der Waals surface area contributed by atoms with Crippen LogP contribution in [-0.4, -0.2) is 42.2 Å². The number of carbonyl (C=O) groups excluding carboxylic acids is 1. The SMILES string of the molecule is CC(SCc1ccc(F)cc1Cl)C(=O)N1CCN(c2ccccc2)CC1. The minimum absolute atomic E-state index is 0.153. The molecule has 0 bridgehead atoms. The van der Waals surface area contributed by atoms with E-state index in [1.165, 1.54) is 29.6 Å². The third-order valence-electron chi connectivity index (χ3n) is 4.56. The van der Waals surface area contributed by atoms with Crippen molar-refractivity contribution in [2.75, 3.05) is 31.1 Å². The van der Waals surface area contributed by atoms with Gasteiger partial charge in [0.05, 0.1) is 5.25 Å². The van der Waals surface area contributed by atoms with Gasteiger partial charge in [0.1, 0.15) is 5.82 Å². The molecule has 2 aromatic rings. The molecule has 0 saturated carbocycles.